The fourth-order valence-electron chi connectivity index (χ4n) is 2.48. The van der Waals surface area contributed by atoms with Gasteiger partial charge in [0.1, 0.15) is 0 Å². The number of piperidine rings is 1. The Kier molecular flexibility index (Phi) is 4.40. The maximum atomic E-state index is 11.6. The zero-order chi connectivity index (χ0) is 12.3. The third-order valence-electron chi connectivity index (χ3n) is 3.95. The average Bonchev–Trinajstić information content (AvgIpc) is 3.04. The van der Waals surface area contributed by atoms with Crippen LogP contribution < -0.4 is 5.32 Å². The second-order valence-corrected chi connectivity index (χ2v) is 5.54. The molecule has 0 radical (unpaired) electrons. The van der Waals surface area contributed by atoms with E-state index in [0.29, 0.717) is 11.8 Å². The van der Waals surface area contributed by atoms with Crippen molar-refractivity contribution in [1.82, 2.24) is 10.2 Å². The molecule has 98 valence electrons. The first-order valence-electron chi connectivity index (χ1n) is 6.85. The van der Waals surface area contributed by atoms with Gasteiger partial charge in [0.05, 0.1) is 6.10 Å². The first kappa shape index (κ1) is 12.8. The van der Waals surface area contributed by atoms with Gasteiger partial charge >= 0.3 is 0 Å². The van der Waals surface area contributed by atoms with Crippen molar-refractivity contribution in [2.75, 3.05) is 26.2 Å². The van der Waals surface area contributed by atoms with Gasteiger partial charge in [0.2, 0.25) is 5.91 Å². The van der Waals surface area contributed by atoms with Crippen LogP contribution >= 0.6 is 0 Å². The quantitative estimate of drug-likeness (QED) is 0.692. The monoisotopic (exact) mass is 240 g/mol. The van der Waals surface area contributed by atoms with E-state index in [4.69, 9.17) is 0 Å². The van der Waals surface area contributed by atoms with Crippen molar-refractivity contribution in [3.05, 3.63) is 0 Å². The topological polar surface area (TPSA) is 52.6 Å². The van der Waals surface area contributed by atoms with E-state index in [2.05, 4.69) is 17.1 Å². The number of likely N-dealkylation sites (tertiary alicyclic amines) is 1. The number of rotatable bonds is 5. The Balaban J connectivity index is 1.50. The molecule has 2 unspecified atom stereocenters. The highest BCUT2D eigenvalue weighted by Crippen LogP contribution is 2.37. The minimum Gasteiger partial charge on any atom is -0.393 e. The number of nitrogens with zero attached hydrogens (tertiary/aromatic N) is 1. The van der Waals surface area contributed by atoms with Gasteiger partial charge in [-0.2, -0.15) is 0 Å². The predicted octanol–water partition coefficient (Wildman–Crippen LogP) is 0.605. The summed E-state index contributed by atoms with van der Waals surface area (Å²) in [7, 11) is 0. The van der Waals surface area contributed by atoms with E-state index in [0.717, 1.165) is 51.9 Å². The van der Waals surface area contributed by atoms with Crippen LogP contribution in [0.2, 0.25) is 0 Å². The van der Waals surface area contributed by atoms with E-state index >= 15 is 0 Å². The highest BCUT2D eigenvalue weighted by molar-refractivity contribution is 5.81. The number of nitrogens with one attached hydrogen (secondary N) is 1. The van der Waals surface area contributed by atoms with Crippen LogP contribution in [-0.4, -0.2) is 48.2 Å². The Morgan fingerprint density at radius 3 is 2.65 bits per heavy atom. The van der Waals surface area contributed by atoms with E-state index < -0.39 is 0 Å². The molecular weight excluding hydrogens is 216 g/mol. The molecule has 0 bridgehead atoms. The third-order valence-corrected chi connectivity index (χ3v) is 3.95. The van der Waals surface area contributed by atoms with E-state index in [1.165, 1.54) is 0 Å². The molecule has 1 amide bonds. The summed E-state index contributed by atoms with van der Waals surface area (Å²) in [5.74, 6) is 1.13. The van der Waals surface area contributed by atoms with Crippen LogP contribution in [0.5, 0.6) is 0 Å². The lowest BCUT2D eigenvalue weighted by Crippen LogP contribution is -2.37. The van der Waals surface area contributed by atoms with Crippen molar-refractivity contribution >= 4 is 5.91 Å². The first-order valence-corrected chi connectivity index (χ1v) is 6.85. The van der Waals surface area contributed by atoms with E-state index in [9.17, 15) is 9.90 Å². The van der Waals surface area contributed by atoms with Gasteiger partial charge in [-0.25, -0.2) is 0 Å². The SMILES string of the molecule is CC1CC1C(=O)NCCCN1CCC(O)CC1. The number of carbonyl (C=O) groups is 1. The normalized spacial score (nSPS) is 30.2. The molecule has 17 heavy (non-hydrogen) atoms. The summed E-state index contributed by atoms with van der Waals surface area (Å²) in [6, 6.07) is 0. The Morgan fingerprint density at radius 1 is 1.41 bits per heavy atom. The lowest BCUT2D eigenvalue weighted by molar-refractivity contribution is -0.122. The van der Waals surface area contributed by atoms with Crippen molar-refractivity contribution in [2.24, 2.45) is 11.8 Å². The van der Waals surface area contributed by atoms with Crippen molar-refractivity contribution in [1.29, 1.82) is 0 Å². The molecule has 2 rings (SSSR count). The zero-order valence-electron chi connectivity index (χ0n) is 10.7. The molecule has 1 aliphatic carbocycles. The van der Waals surface area contributed by atoms with Crippen LogP contribution in [-0.2, 0) is 4.79 Å². The molecule has 4 nitrogen and oxygen atoms in total. The van der Waals surface area contributed by atoms with Crippen molar-refractivity contribution in [2.45, 2.75) is 38.7 Å². The molecule has 1 saturated carbocycles. The van der Waals surface area contributed by atoms with E-state index in [1.807, 2.05) is 0 Å². The van der Waals surface area contributed by atoms with Gasteiger partial charge in [-0.05, 0) is 38.1 Å². The van der Waals surface area contributed by atoms with Gasteiger partial charge in [0.25, 0.3) is 0 Å². The van der Waals surface area contributed by atoms with Crippen molar-refractivity contribution < 1.29 is 9.90 Å². The summed E-state index contributed by atoms with van der Waals surface area (Å²) < 4.78 is 0. The summed E-state index contributed by atoms with van der Waals surface area (Å²) in [6.45, 7) is 5.95. The van der Waals surface area contributed by atoms with Gasteiger partial charge in [-0.1, -0.05) is 6.92 Å². The van der Waals surface area contributed by atoms with Gasteiger partial charge in [0, 0.05) is 25.6 Å². The predicted molar refractivity (Wildman–Crippen MR) is 66.6 cm³/mol. The molecular formula is C13H24N2O2. The lowest BCUT2D eigenvalue weighted by Gasteiger charge is -2.29. The van der Waals surface area contributed by atoms with Crippen molar-refractivity contribution in [3.63, 3.8) is 0 Å². The lowest BCUT2D eigenvalue weighted by atomic mass is 10.1. The van der Waals surface area contributed by atoms with Crippen molar-refractivity contribution in [3.8, 4) is 0 Å². The Morgan fingerprint density at radius 2 is 2.06 bits per heavy atom. The van der Waals surface area contributed by atoms with Crippen LogP contribution in [0.3, 0.4) is 0 Å². The Bertz CT molecular complexity index is 262. The standard InChI is InChI=1S/C13H24N2O2/c1-10-9-12(10)13(17)14-5-2-6-15-7-3-11(16)4-8-15/h10-12,16H,2-9H2,1H3,(H,14,17). The minimum absolute atomic E-state index is 0.0951. The van der Waals surface area contributed by atoms with Crippen LogP contribution in [0, 0.1) is 11.8 Å². The molecule has 0 aromatic heterocycles. The van der Waals surface area contributed by atoms with Crippen LogP contribution in [0.4, 0.5) is 0 Å². The molecule has 2 N–H and O–H groups in total. The molecule has 1 heterocycles. The second-order valence-electron chi connectivity index (χ2n) is 5.54. The summed E-state index contributed by atoms with van der Waals surface area (Å²) in [5.41, 5.74) is 0. The fourth-order valence-corrected chi connectivity index (χ4v) is 2.48. The molecule has 2 atom stereocenters. The number of hydrogen-bond acceptors (Lipinski definition) is 3. The molecule has 1 aliphatic heterocycles. The summed E-state index contributed by atoms with van der Waals surface area (Å²) in [6.07, 6.45) is 3.78. The second kappa shape index (κ2) is 5.83. The van der Waals surface area contributed by atoms with Gasteiger partial charge < -0.3 is 15.3 Å². The molecule has 0 aromatic rings. The zero-order valence-corrected chi connectivity index (χ0v) is 10.7. The summed E-state index contributed by atoms with van der Waals surface area (Å²) >= 11 is 0. The smallest absolute Gasteiger partial charge is 0.223 e. The number of carbonyl (C=O) groups excluding carboxylic acids is 1. The van der Waals surface area contributed by atoms with Gasteiger partial charge in [-0.15, -0.1) is 0 Å². The summed E-state index contributed by atoms with van der Waals surface area (Å²) in [5, 5.41) is 12.4. The molecule has 2 fully saturated rings. The Hall–Kier alpha value is -0.610. The first-order chi connectivity index (χ1) is 8.16. The van der Waals surface area contributed by atoms with Gasteiger partial charge in [0.15, 0.2) is 0 Å². The maximum Gasteiger partial charge on any atom is 0.223 e. The maximum absolute atomic E-state index is 11.6. The van der Waals surface area contributed by atoms with Gasteiger partial charge in [-0.3, -0.25) is 4.79 Å². The third kappa shape index (κ3) is 3.96. The largest absolute Gasteiger partial charge is 0.393 e. The molecule has 0 aromatic carbocycles. The number of aliphatic hydroxyl groups is 1. The Labute approximate surface area is 103 Å². The average molecular weight is 240 g/mol. The molecule has 2 aliphatic rings. The van der Waals surface area contributed by atoms with E-state index in [-0.39, 0.29) is 12.0 Å². The van der Waals surface area contributed by atoms with Crippen LogP contribution in [0.15, 0.2) is 0 Å². The molecule has 1 saturated heterocycles. The minimum atomic E-state index is -0.0951. The highest BCUT2D eigenvalue weighted by atomic mass is 16.3. The number of aliphatic hydroxyl groups excluding tert-OH is 1. The van der Waals surface area contributed by atoms with E-state index in [1.54, 1.807) is 0 Å². The van der Waals surface area contributed by atoms with Crippen LogP contribution in [0.25, 0.3) is 0 Å². The molecule has 0 spiro atoms. The summed E-state index contributed by atoms with van der Waals surface area (Å²) in [4.78, 5) is 13.9. The molecule has 4 heteroatoms. The fraction of sp³-hybridized carbons (Fsp3) is 0.923. The highest BCUT2D eigenvalue weighted by Gasteiger charge is 2.38. The number of amides is 1. The van der Waals surface area contributed by atoms with Crippen LogP contribution in [0.1, 0.15) is 32.6 Å². The number of hydrogen-bond donors (Lipinski definition) is 2.